The molecule has 0 aliphatic carbocycles. The molecule has 112 valence electrons. The summed E-state index contributed by atoms with van der Waals surface area (Å²) < 4.78 is 0.926. The summed E-state index contributed by atoms with van der Waals surface area (Å²) >= 11 is 3.44. The van der Waals surface area contributed by atoms with E-state index in [0.717, 1.165) is 28.7 Å². The van der Waals surface area contributed by atoms with Crippen molar-refractivity contribution in [2.45, 2.75) is 26.3 Å². The number of rotatable bonds is 2. The van der Waals surface area contributed by atoms with Crippen LogP contribution in [0, 0.1) is 18.3 Å². The maximum Gasteiger partial charge on any atom is 0.253 e. The molecule has 1 fully saturated rings. The number of aryl methyl sites for hydroxylation is 1. The highest BCUT2D eigenvalue weighted by molar-refractivity contribution is 9.10. The Morgan fingerprint density at radius 1 is 1.24 bits per heavy atom. The smallest absolute Gasteiger partial charge is 0.253 e. The largest absolute Gasteiger partial charge is 0.336 e. The predicted molar refractivity (Wildman–Crippen MR) is 86.0 cm³/mol. The zero-order valence-electron chi connectivity index (χ0n) is 12.7. The molecule has 0 atom stereocenters. The maximum absolute atomic E-state index is 12.6. The summed E-state index contributed by atoms with van der Waals surface area (Å²) in [6.45, 7) is 8.61. The molecule has 21 heavy (non-hydrogen) atoms. The van der Waals surface area contributed by atoms with Crippen LogP contribution < -0.4 is 0 Å². The summed E-state index contributed by atoms with van der Waals surface area (Å²) in [5, 5.41) is 9.18. The van der Waals surface area contributed by atoms with Crippen LogP contribution in [0.5, 0.6) is 0 Å². The number of halogens is 1. The molecule has 1 saturated heterocycles. The van der Waals surface area contributed by atoms with Crippen LogP contribution in [-0.2, 0) is 0 Å². The first kappa shape index (κ1) is 16.0. The molecule has 0 spiro atoms. The SMILES string of the molecule is Cc1cc(Br)cc(C(=O)N2CCN(C(C)(C)C#N)CC2)c1. The molecule has 1 amide bonds. The first-order valence-corrected chi connectivity index (χ1v) is 7.85. The van der Waals surface area contributed by atoms with E-state index in [1.165, 1.54) is 0 Å². The molecule has 2 rings (SSSR count). The van der Waals surface area contributed by atoms with Crippen molar-refractivity contribution in [3.63, 3.8) is 0 Å². The summed E-state index contributed by atoms with van der Waals surface area (Å²) in [4.78, 5) is 16.5. The van der Waals surface area contributed by atoms with Gasteiger partial charge in [0, 0.05) is 36.2 Å². The van der Waals surface area contributed by atoms with E-state index < -0.39 is 5.54 Å². The van der Waals surface area contributed by atoms with Gasteiger partial charge in [-0.15, -0.1) is 0 Å². The molecule has 1 aliphatic heterocycles. The van der Waals surface area contributed by atoms with Gasteiger partial charge in [-0.05, 0) is 44.5 Å². The van der Waals surface area contributed by atoms with E-state index in [0.29, 0.717) is 13.1 Å². The van der Waals surface area contributed by atoms with E-state index in [1.807, 2.05) is 43.9 Å². The molecule has 1 aromatic carbocycles. The van der Waals surface area contributed by atoms with Crippen LogP contribution in [0.15, 0.2) is 22.7 Å². The summed E-state index contributed by atoms with van der Waals surface area (Å²) in [5.74, 6) is 0.0637. The Hall–Kier alpha value is -1.38. The van der Waals surface area contributed by atoms with Gasteiger partial charge in [-0.25, -0.2) is 0 Å². The number of hydrogen-bond donors (Lipinski definition) is 0. The first-order valence-electron chi connectivity index (χ1n) is 7.06. The highest BCUT2D eigenvalue weighted by Gasteiger charge is 2.31. The number of nitrogens with zero attached hydrogens (tertiary/aromatic N) is 3. The lowest BCUT2D eigenvalue weighted by molar-refractivity contribution is 0.0521. The topological polar surface area (TPSA) is 47.3 Å². The van der Waals surface area contributed by atoms with Crippen molar-refractivity contribution in [3.8, 4) is 6.07 Å². The normalized spacial score (nSPS) is 16.6. The number of nitriles is 1. The first-order chi connectivity index (χ1) is 9.83. The van der Waals surface area contributed by atoms with Crippen molar-refractivity contribution in [3.05, 3.63) is 33.8 Å². The summed E-state index contributed by atoms with van der Waals surface area (Å²) in [5.41, 5.74) is 1.31. The van der Waals surface area contributed by atoms with Crippen molar-refractivity contribution >= 4 is 21.8 Å². The van der Waals surface area contributed by atoms with Gasteiger partial charge < -0.3 is 4.90 Å². The van der Waals surface area contributed by atoms with Crippen LogP contribution in [0.2, 0.25) is 0 Å². The van der Waals surface area contributed by atoms with Gasteiger partial charge in [0.05, 0.1) is 6.07 Å². The van der Waals surface area contributed by atoms with E-state index in [4.69, 9.17) is 0 Å². The minimum Gasteiger partial charge on any atom is -0.336 e. The summed E-state index contributed by atoms with van der Waals surface area (Å²) in [6, 6.07) is 8.09. The fraction of sp³-hybridized carbons (Fsp3) is 0.500. The Bertz CT molecular complexity index is 563. The fourth-order valence-corrected chi connectivity index (χ4v) is 3.19. The van der Waals surface area contributed by atoms with Gasteiger partial charge >= 0.3 is 0 Å². The van der Waals surface area contributed by atoms with Crippen molar-refractivity contribution < 1.29 is 4.79 Å². The van der Waals surface area contributed by atoms with Crippen molar-refractivity contribution in [2.24, 2.45) is 0 Å². The number of amides is 1. The molecule has 5 heteroatoms. The molecule has 1 aromatic rings. The van der Waals surface area contributed by atoms with Gasteiger partial charge in [0.2, 0.25) is 0 Å². The molecule has 0 bridgehead atoms. The molecular weight excluding hydrogens is 330 g/mol. The Kier molecular flexibility index (Phi) is 4.70. The van der Waals surface area contributed by atoms with Crippen molar-refractivity contribution in [1.29, 1.82) is 5.26 Å². The van der Waals surface area contributed by atoms with Crippen LogP contribution in [0.4, 0.5) is 0 Å². The number of piperazine rings is 1. The van der Waals surface area contributed by atoms with Gasteiger partial charge in [-0.3, -0.25) is 9.69 Å². The average Bonchev–Trinajstić information content (AvgIpc) is 2.45. The van der Waals surface area contributed by atoms with E-state index in [-0.39, 0.29) is 5.91 Å². The number of carbonyl (C=O) groups is 1. The van der Waals surface area contributed by atoms with Gasteiger partial charge in [0.15, 0.2) is 0 Å². The molecule has 0 N–H and O–H groups in total. The van der Waals surface area contributed by atoms with Crippen LogP contribution in [0.1, 0.15) is 29.8 Å². The highest BCUT2D eigenvalue weighted by Crippen LogP contribution is 2.20. The molecule has 4 nitrogen and oxygen atoms in total. The number of benzene rings is 1. The molecule has 0 saturated carbocycles. The average molecular weight is 350 g/mol. The van der Waals surface area contributed by atoms with E-state index in [9.17, 15) is 10.1 Å². The zero-order chi connectivity index (χ0) is 15.6. The quantitative estimate of drug-likeness (QED) is 0.824. The minimum absolute atomic E-state index is 0.0637. The van der Waals surface area contributed by atoms with Crippen LogP contribution >= 0.6 is 15.9 Å². The Morgan fingerprint density at radius 2 is 1.86 bits per heavy atom. The number of hydrogen-bond acceptors (Lipinski definition) is 3. The Balaban J connectivity index is 2.05. The van der Waals surface area contributed by atoms with Crippen LogP contribution in [0.3, 0.4) is 0 Å². The minimum atomic E-state index is -0.471. The van der Waals surface area contributed by atoms with Gasteiger partial charge in [-0.2, -0.15) is 5.26 Å². The zero-order valence-corrected chi connectivity index (χ0v) is 14.3. The van der Waals surface area contributed by atoms with E-state index in [2.05, 4.69) is 26.9 Å². The second-order valence-corrected chi connectivity index (χ2v) is 6.88. The van der Waals surface area contributed by atoms with Crippen molar-refractivity contribution in [2.75, 3.05) is 26.2 Å². The standard InChI is InChI=1S/C16H20BrN3O/c1-12-8-13(10-14(17)9-12)15(21)19-4-6-20(7-5-19)16(2,3)11-18/h8-10H,4-7H2,1-3H3. The van der Waals surface area contributed by atoms with Gasteiger partial charge in [-0.1, -0.05) is 15.9 Å². The summed E-state index contributed by atoms with van der Waals surface area (Å²) in [7, 11) is 0. The highest BCUT2D eigenvalue weighted by atomic mass is 79.9. The third-order valence-electron chi connectivity index (χ3n) is 3.92. The fourth-order valence-electron chi connectivity index (χ4n) is 2.58. The van der Waals surface area contributed by atoms with Crippen molar-refractivity contribution in [1.82, 2.24) is 9.80 Å². The second-order valence-electron chi connectivity index (χ2n) is 5.97. The molecule has 0 aromatic heterocycles. The van der Waals surface area contributed by atoms with Gasteiger partial charge in [0.1, 0.15) is 5.54 Å². The lowest BCUT2D eigenvalue weighted by atomic mass is 10.0. The van der Waals surface area contributed by atoms with Crippen LogP contribution in [-0.4, -0.2) is 47.4 Å². The van der Waals surface area contributed by atoms with E-state index in [1.54, 1.807) is 0 Å². The molecule has 1 aliphatic rings. The monoisotopic (exact) mass is 349 g/mol. The molecular formula is C16H20BrN3O. The van der Waals surface area contributed by atoms with E-state index >= 15 is 0 Å². The molecule has 1 heterocycles. The third-order valence-corrected chi connectivity index (χ3v) is 4.38. The second kappa shape index (κ2) is 6.17. The molecule has 0 radical (unpaired) electrons. The predicted octanol–water partition coefficient (Wildman–Crippen LogP) is 2.82. The Labute approximate surface area is 134 Å². The third kappa shape index (κ3) is 3.63. The van der Waals surface area contributed by atoms with Gasteiger partial charge in [0.25, 0.3) is 5.91 Å². The summed E-state index contributed by atoms with van der Waals surface area (Å²) in [6.07, 6.45) is 0. The maximum atomic E-state index is 12.6. The van der Waals surface area contributed by atoms with Crippen LogP contribution in [0.25, 0.3) is 0 Å². The lowest BCUT2D eigenvalue weighted by Gasteiger charge is -2.40. The number of carbonyl (C=O) groups excluding carboxylic acids is 1. The Morgan fingerprint density at radius 3 is 2.38 bits per heavy atom. The molecule has 0 unspecified atom stereocenters. The lowest BCUT2D eigenvalue weighted by Crippen LogP contribution is -2.55.